The van der Waals surface area contributed by atoms with Gasteiger partial charge in [0.1, 0.15) is 5.82 Å². The summed E-state index contributed by atoms with van der Waals surface area (Å²) in [7, 11) is -1.73. The molecular formula is C18H30FNOSi. The summed E-state index contributed by atoms with van der Waals surface area (Å²) in [6, 6.07) is 6.97. The van der Waals surface area contributed by atoms with Crippen molar-refractivity contribution in [3.8, 4) is 0 Å². The van der Waals surface area contributed by atoms with Gasteiger partial charge in [0.05, 0.1) is 6.10 Å². The molecule has 124 valence electrons. The van der Waals surface area contributed by atoms with Crippen molar-refractivity contribution in [3.63, 3.8) is 0 Å². The van der Waals surface area contributed by atoms with Gasteiger partial charge in [0.2, 0.25) is 0 Å². The van der Waals surface area contributed by atoms with Crippen LogP contribution in [0.1, 0.15) is 38.2 Å². The molecule has 0 bridgehead atoms. The van der Waals surface area contributed by atoms with Crippen molar-refractivity contribution in [1.29, 1.82) is 0 Å². The van der Waals surface area contributed by atoms with Crippen LogP contribution in [-0.4, -0.2) is 20.5 Å². The van der Waals surface area contributed by atoms with Gasteiger partial charge in [0.25, 0.3) is 0 Å². The van der Waals surface area contributed by atoms with Crippen molar-refractivity contribution in [2.75, 3.05) is 0 Å². The molecule has 2 nitrogen and oxygen atoms in total. The Bertz CT molecular complexity index is 496. The van der Waals surface area contributed by atoms with Crippen molar-refractivity contribution < 1.29 is 8.82 Å². The maximum absolute atomic E-state index is 13.7. The second-order valence-electron chi connectivity index (χ2n) is 7.93. The van der Waals surface area contributed by atoms with Crippen LogP contribution in [0, 0.1) is 17.7 Å². The third kappa shape index (κ3) is 4.64. The van der Waals surface area contributed by atoms with Crippen LogP contribution in [0.2, 0.25) is 19.6 Å². The van der Waals surface area contributed by atoms with Gasteiger partial charge in [-0.3, -0.25) is 0 Å². The SMILES string of the molecule is CC(C)C(N)C(O[Si](C)(C)C)[C@H](c1cccc(F)c1)C1CC1. The fourth-order valence-electron chi connectivity index (χ4n) is 3.08. The maximum atomic E-state index is 13.7. The number of hydrogen-bond acceptors (Lipinski definition) is 2. The summed E-state index contributed by atoms with van der Waals surface area (Å²) in [5.41, 5.74) is 7.56. The normalized spacial score (nSPS) is 20.0. The molecule has 4 heteroatoms. The van der Waals surface area contributed by atoms with Crippen LogP contribution >= 0.6 is 0 Å². The summed E-state index contributed by atoms with van der Waals surface area (Å²) < 4.78 is 20.2. The highest BCUT2D eigenvalue weighted by Gasteiger charge is 2.42. The summed E-state index contributed by atoms with van der Waals surface area (Å²) in [5, 5.41) is 0. The minimum absolute atomic E-state index is 0.0269. The lowest BCUT2D eigenvalue weighted by Crippen LogP contribution is -2.49. The monoisotopic (exact) mass is 323 g/mol. The van der Waals surface area contributed by atoms with Gasteiger partial charge in [-0.05, 0) is 62.0 Å². The standard InChI is InChI=1S/C18H30FNOSi/c1-12(2)17(20)18(21-22(3,4)5)16(13-9-10-13)14-7-6-8-15(19)11-14/h6-8,11-13,16-18H,9-10,20H2,1-5H3/t16-,17?,18?/m0/s1. The van der Waals surface area contributed by atoms with E-state index in [1.165, 1.54) is 18.9 Å². The Morgan fingerprint density at radius 2 is 1.86 bits per heavy atom. The van der Waals surface area contributed by atoms with E-state index in [-0.39, 0.29) is 23.9 Å². The summed E-state index contributed by atoms with van der Waals surface area (Å²) >= 11 is 0. The van der Waals surface area contributed by atoms with Gasteiger partial charge in [0, 0.05) is 12.0 Å². The lowest BCUT2D eigenvalue weighted by Gasteiger charge is -2.38. The Morgan fingerprint density at radius 1 is 1.23 bits per heavy atom. The second-order valence-corrected chi connectivity index (χ2v) is 12.4. The summed E-state index contributed by atoms with van der Waals surface area (Å²) in [6.45, 7) is 10.9. The number of rotatable bonds is 7. The lowest BCUT2D eigenvalue weighted by atomic mass is 9.82. The van der Waals surface area contributed by atoms with E-state index in [0.29, 0.717) is 11.8 Å². The van der Waals surface area contributed by atoms with Crippen LogP contribution in [0.3, 0.4) is 0 Å². The molecule has 3 atom stereocenters. The molecule has 22 heavy (non-hydrogen) atoms. The van der Waals surface area contributed by atoms with Gasteiger partial charge < -0.3 is 10.2 Å². The molecule has 1 aliphatic carbocycles. The Hall–Kier alpha value is -0.713. The van der Waals surface area contributed by atoms with E-state index in [0.717, 1.165) is 5.56 Å². The van der Waals surface area contributed by atoms with E-state index in [1.807, 2.05) is 6.07 Å². The molecule has 1 aliphatic rings. The first-order valence-electron chi connectivity index (χ1n) is 8.38. The zero-order chi connectivity index (χ0) is 16.5. The highest BCUT2D eigenvalue weighted by Crippen LogP contribution is 2.47. The quantitative estimate of drug-likeness (QED) is 0.749. The van der Waals surface area contributed by atoms with Crippen LogP contribution in [-0.2, 0) is 4.43 Å². The lowest BCUT2D eigenvalue weighted by molar-refractivity contribution is 0.105. The molecule has 0 radical (unpaired) electrons. The first-order chi connectivity index (χ1) is 10.2. The summed E-state index contributed by atoms with van der Waals surface area (Å²) in [4.78, 5) is 0. The van der Waals surface area contributed by atoms with E-state index >= 15 is 0 Å². The molecule has 2 N–H and O–H groups in total. The number of hydrogen-bond donors (Lipinski definition) is 1. The number of halogens is 1. The minimum Gasteiger partial charge on any atom is -0.413 e. The van der Waals surface area contributed by atoms with E-state index in [9.17, 15) is 4.39 Å². The molecule has 2 rings (SSSR count). The van der Waals surface area contributed by atoms with E-state index in [1.54, 1.807) is 12.1 Å². The van der Waals surface area contributed by atoms with Crippen molar-refractivity contribution in [2.24, 2.45) is 17.6 Å². The third-order valence-electron chi connectivity index (χ3n) is 4.36. The molecule has 1 saturated carbocycles. The van der Waals surface area contributed by atoms with Crippen LogP contribution in [0.5, 0.6) is 0 Å². The fraction of sp³-hybridized carbons (Fsp3) is 0.667. The van der Waals surface area contributed by atoms with E-state index < -0.39 is 8.32 Å². The van der Waals surface area contributed by atoms with E-state index in [4.69, 9.17) is 10.2 Å². The molecule has 0 saturated heterocycles. The van der Waals surface area contributed by atoms with Crippen molar-refractivity contribution in [3.05, 3.63) is 35.6 Å². The molecular weight excluding hydrogens is 293 g/mol. The van der Waals surface area contributed by atoms with Crippen molar-refractivity contribution in [2.45, 2.75) is 64.4 Å². The molecule has 0 aliphatic heterocycles. The summed E-state index contributed by atoms with van der Waals surface area (Å²) in [5.74, 6) is 0.956. The predicted molar refractivity (Wildman–Crippen MR) is 92.9 cm³/mol. The van der Waals surface area contributed by atoms with Gasteiger partial charge in [-0.2, -0.15) is 0 Å². The third-order valence-corrected chi connectivity index (χ3v) is 5.34. The Kier molecular flexibility index (Phi) is 5.46. The minimum atomic E-state index is -1.73. The second kappa shape index (κ2) is 6.81. The Balaban J connectivity index is 2.35. The highest BCUT2D eigenvalue weighted by atomic mass is 28.4. The molecule has 0 heterocycles. The van der Waals surface area contributed by atoms with Gasteiger partial charge in [-0.25, -0.2) is 4.39 Å². The van der Waals surface area contributed by atoms with Gasteiger partial charge in [-0.15, -0.1) is 0 Å². The van der Waals surface area contributed by atoms with Gasteiger partial charge in [0.15, 0.2) is 8.32 Å². The molecule has 0 spiro atoms. The predicted octanol–water partition coefficient (Wildman–Crippen LogP) is 4.52. The molecule has 0 amide bonds. The zero-order valence-electron chi connectivity index (χ0n) is 14.5. The average Bonchev–Trinajstić information content (AvgIpc) is 3.20. The zero-order valence-corrected chi connectivity index (χ0v) is 15.5. The molecule has 2 unspecified atom stereocenters. The smallest absolute Gasteiger partial charge is 0.184 e. The number of benzene rings is 1. The van der Waals surface area contributed by atoms with Crippen LogP contribution < -0.4 is 5.73 Å². The van der Waals surface area contributed by atoms with Crippen LogP contribution in [0.4, 0.5) is 4.39 Å². The topological polar surface area (TPSA) is 35.2 Å². The maximum Gasteiger partial charge on any atom is 0.184 e. The van der Waals surface area contributed by atoms with Gasteiger partial charge in [-0.1, -0.05) is 26.0 Å². The van der Waals surface area contributed by atoms with Crippen molar-refractivity contribution >= 4 is 8.32 Å². The van der Waals surface area contributed by atoms with Crippen LogP contribution in [0.15, 0.2) is 24.3 Å². The highest BCUT2D eigenvalue weighted by molar-refractivity contribution is 6.69. The largest absolute Gasteiger partial charge is 0.413 e. The molecule has 1 aromatic carbocycles. The Morgan fingerprint density at radius 3 is 2.32 bits per heavy atom. The Labute approximate surface area is 135 Å². The fourth-order valence-corrected chi connectivity index (χ4v) is 4.20. The van der Waals surface area contributed by atoms with E-state index in [2.05, 4.69) is 33.5 Å². The molecule has 1 aromatic rings. The average molecular weight is 324 g/mol. The summed E-state index contributed by atoms with van der Waals surface area (Å²) in [6.07, 6.45) is 2.36. The van der Waals surface area contributed by atoms with Crippen molar-refractivity contribution in [1.82, 2.24) is 0 Å². The first kappa shape index (κ1) is 17.6. The molecule has 1 fully saturated rings. The van der Waals surface area contributed by atoms with Crippen LogP contribution in [0.25, 0.3) is 0 Å². The molecule has 0 aromatic heterocycles. The number of nitrogens with two attached hydrogens (primary N) is 1. The van der Waals surface area contributed by atoms with Gasteiger partial charge >= 0.3 is 0 Å². The first-order valence-corrected chi connectivity index (χ1v) is 11.8.